The summed E-state index contributed by atoms with van der Waals surface area (Å²) in [7, 11) is 0. The fraction of sp³-hybridized carbons (Fsp3) is 0.444. The molecule has 74 valence electrons. The minimum Gasteiger partial charge on any atom is -0.335 e. The first-order valence-electron chi connectivity index (χ1n) is 4.46. The fourth-order valence-corrected chi connectivity index (χ4v) is 2.04. The smallest absolute Gasteiger partial charge is 0.290 e. The maximum Gasteiger partial charge on any atom is 0.290 e. The van der Waals surface area contributed by atoms with E-state index in [4.69, 9.17) is 0 Å². The van der Waals surface area contributed by atoms with Gasteiger partial charge in [-0.25, -0.2) is 4.98 Å². The van der Waals surface area contributed by atoms with E-state index in [1.807, 2.05) is 5.38 Å². The minimum absolute atomic E-state index is 0.261. The van der Waals surface area contributed by atoms with E-state index in [0.717, 1.165) is 12.1 Å². The van der Waals surface area contributed by atoms with Gasteiger partial charge in [-0.2, -0.15) is 0 Å². The summed E-state index contributed by atoms with van der Waals surface area (Å²) >= 11 is 1.54. The van der Waals surface area contributed by atoms with Crippen LogP contribution in [-0.2, 0) is 16.0 Å². The van der Waals surface area contributed by atoms with Crippen LogP contribution >= 0.6 is 11.3 Å². The third kappa shape index (κ3) is 1.82. The maximum absolute atomic E-state index is 11.2. The molecule has 1 saturated heterocycles. The molecule has 0 saturated carbocycles. The van der Waals surface area contributed by atoms with Crippen molar-refractivity contribution in [2.75, 3.05) is 13.1 Å². The van der Waals surface area contributed by atoms with Gasteiger partial charge in [-0.05, 0) is 0 Å². The van der Waals surface area contributed by atoms with Crippen molar-refractivity contribution >= 4 is 23.0 Å². The predicted octanol–water partition coefficient (Wildman–Crippen LogP) is 0.487. The Kier molecular flexibility index (Phi) is 2.58. The molecule has 0 spiro atoms. The Morgan fingerprint density at radius 3 is 2.93 bits per heavy atom. The van der Waals surface area contributed by atoms with Gasteiger partial charge in [0.1, 0.15) is 0 Å². The first-order chi connectivity index (χ1) is 6.77. The average Bonchev–Trinajstić information content (AvgIpc) is 2.77. The number of carbonyl (C=O) groups is 2. The number of aromatic nitrogens is 1. The van der Waals surface area contributed by atoms with E-state index in [1.54, 1.807) is 21.7 Å². The van der Waals surface area contributed by atoms with E-state index >= 15 is 0 Å². The van der Waals surface area contributed by atoms with Crippen LogP contribution in [-0.4, -0.2) is 34.7 Å². The van der Waals surface area contributed by atoms with Gasteiger partial charge in [0.15, 0.2) is 0 Å². The van der Waals surface area contributed by atoms with Crippen LogP contribution in [0, 0.1) is 0 Å². The Bertz CT molecular complexity index is 348. The molecule has 2 rings (SSSR count). The number of rotatable bonds is 3. The lowest BCUT2D eigenvalue weighted by molar-refractivity contribution is -0.139. The molecule has 0 radical (unpaired) electrons. The van der Waals surface area contributed by atoms with Crippen LogP contribution in [0.2, 0.25) is 0 Å². The molecule has 5 heteroatoms. The van der Waals surface area contributed by atoms with Gasteiger partial charge in [0, 0.05) is 31.3 Å². The van der Waals surface area contributed by atoms with E-state index < -0.39 is 0 Å². The average molecular weight is 210 g/mol. The highest BCUT2D eigenvalue weighted by Gasteiger charge is 2.28. The zero-order chi connectivity index (χ0) is 9.97. The zero-order valence-corrected chi connectivity index (χ0v) is 8.42. The molecular weight excluding hydrogens is 200 g/mol. The number of likely N-dealkylation sites (tertiary alicyclic amines) is 1. The topological polar surface area (TPSA) is 50.3 Å². The maximum atomic E-state index is 11.2. The van der Waals surface area contributed by atoms with Crippen molar-refractivity contribution in [3.8, 4) is 0 Å². The Morgan fingerprint density at radius 2 is 2.36 bits per heavy atom. The number of carbonyl (C=O) groups excluding carboxylic acids is 2. The lowest BCUT2D eigenvalue weighted by Crippen LogP contribution is -2.29. The number of nitrogens with zero attached hydrogens (tertiary/aromatic N) is 2. The van der Waals surface area contributed by atoms with Crippen molar-refractivity contribution in [3.63, 3.8) is 0 Å². The van der Waals surface area contributed by atoms with E-state index in [0.29, 0.717) is 19.5 Å². The molecule has 1 fully saturated rings. The molecule has 0 bridgehead atoms. The van der Waals surface area contributed by atoms with Crippen LogP contribution in [0.25, 0.3) is 0 Å². The molecule has 1 aromatic heterocycles. The van der Waals surface area contributed by atoms with Gasteiger partial charge in [-0.1, -0.05) is 0 Å². The summed E-state index contributed by atoms with van der Waals surface area (Å²) in [6.45, 7) is 1.18. The molecule has 0 aromatic carbocycles. The molecule has 4 nitrogen and oxygen atoms in total. The normalized spacial score (nSPS) is 16.7. The quantitative estimate of drug-likeness (QED) is 0.682. The second-order valence-electron chi connectivity index (χ2n) is 3.20. The van der Waals surface area contributed by atoms with Crippen LogP contribution in [0.4, 0.5) is 0 Å². The lowest BCUT2D eigenvalue weighted by Gasteiger charge is -2.12. The SMILES string of the molecule is O=C1CCN(CCc2cscn2)C1=O. The Hall–Kier alpha value is -1.23. The van der Waals surface area contributed by atoms with Gasteiger partial charge >= 0.3 is 0 Å². The first kappa shape index (κ1) is 9.33. The number of hydrogen-bond donors (Lipinski definition) is 0. The Balaban J connectivity index is 1.87. The van der Waals surface area contributed by atoms with Crippen molar-refractivity contribution in [2.24, 2.45) is 0 Å². The highest BCUT2D eigenvalue weighted by molar-refractivity contribution is 7.07. The van der Waals surface area contributed by atoms with Crippen LogP contribution < -0.4 is 0 Å². The third-order valence-corrected chi connectivity index (χ3v) is 2.89. The monoisotopic (exact) mass is 210 g/mol. The molecule has 0 unspecified atom stereocenters. The van der Waals surface area contributed by atoms with Gasteiger partial charge in [0.05, 0.1) is 11.2 Å². The summed E-state index contributed by atoms with van der Waals surface area (Å²) in [5.41, 5.74) is 2.76. The summed E-state index contributed by atoms with van der Waals surface area (Å²) in [6.07, 6.45) is 1.11. The summed E-state index contributed by atoms with van der Waals surface area (Å²) in [5, 5.41) is 1.96. The van der Waals surface area contributed by atoms with Crippen molar-refractivity contribution in [2.45, 2.75) is 12.8 Å². The van der Waals surface area contributed by atoms with E-state index in [-0.39, 0.29) is 11.7 Å². The molecular formula is C9H10N2O2S. The molecule has 2 heterocycles. The fourth-order valence-electron chi connectivity index (χ4n) is 1.45. The van der Waals surface area contributed by atoms with E-state index in [1.165, 1.54) is 0 Å². The molecule has 0 atom stereocenters. The summed E-state index contributed by atoms with van der Waals surface area (Å²) in [4.78, 5) is 27.9. The first-order valence-corrected chi connectivity index (χ1v) is 5.41. The van der Waals surface area contributed by atoms with E-state index in [9.17, 15) is 9.59 Å². The molecule has 1 aromatic rings. The zero-order valence-electron chi connectivity index (χ0n) is 7.60. The van der Waals surface area contributed by atoms with Crippen LogP contribution in [0.5, 0.6) is 0 Å². The minimum atomic E-state index is -0.333. The molecule has 1 aliphatic heterocycles. The molecule has 0 aliphatic carbocycles. The third-order valence-electron chi connectivity index (χ3n) is 2.26. The van der Waals surface area contributed by atoms with Crippen molar-refractivity contribution in [3.05, 3.63) is 16.6 Å². The van der Waals surface area contributed by atoms with Gasteiger partial charge < -0.3 is 4.90 Å². The highest BCUT2D eigenvalue weighted by Crippen LogP contribution is 2.08. The number of ketones is 1. The van der Waals surface area contributed by atoms with Crippen LogP contribution in [0.15, 0.2) is 10.9 Å². The second-order valence-corrected chi connectivity index (χ2v) is 3.91. The summed E-state index contributed by atoms with van der Waals surface area (Å²) in [6, 6.07) is 0. The summed E-state index contributed by atoms with van der Waals surface area (Å²) < 4.78 is 0. The van der Waals surface area contributed by atoms with Gasteiger partial charge in [0.25, 0.3) is 5.91 Å². The van der Waals surface area contributed by atoms with Crippen LogP contribution in [0.1, 0.15) is 12.1 Å². The van der Waals surface area contributed by atoms with Gasteiger partial charge in [-0.3, -0.25) is 9.59 Å². The molecule has 0 N–H and O–H groups in total. The molecule has 1 aliphatic rings. The van der Waals surface area contributed by atoms with Crippen molar-refractivity contribution < 1.29 is 9.59 Å². The number of thiazole rings is 1. The second kappa shape index (κ2) is 3.88. The predicted molar refractivity (Wildman–Crippen MR) is 52.0 cm³/mol. The van der Waals surface area contributed by atoms with Crippen LogP contribution in [0.3, 0.4) is 0 Å². The molecule has 1 amide bonds. The van der Waals surface area contributed by atoms with Gasteiger partial charge in [-0.15, -0.1) is 11.3 Å². The molecule has 14 heavy (non-hydrogen) atoms. The number of hydrogen-bond acceptors (Lipinski definition) is 4. The number of amides is 1. The lowest BCUT2D eigenvalue weighted by atomic mass is 10.3. The largest absolute Gasteiger partial charge is 0.335 e. The van der Waals surface area contributed by atoms with Gasteiger partial charge in [0.2, 0.25) is 5.78 Å². The Morgan fingerprint density at radius 1 is 1.50 bits per heavy atom. The van der Waals surface area contributed by atoms with Crippen molar-refractivity contribution in [1.29, 1.82) is 0 Å². The van der Waals surface area contributed by atoms with Crippen molar-refractivity contribution in [1.82, 2.24) is 9.88 Å². The highest BCUT2D eigenvalue weighted by atomic mass is 32.1. The number of Topliss-reactive ketones (excluding diaryl/α,β-unsaturated/α-hetero) is 1. The van der Waals surface area contributed by atoms with E-state index in [2.05, 4.69) is 4.98 Å². The Labute approximate surface area is 85.6 Å². The standard InChI is InChI=1S/C9H10N2O2S/c12-8-2-4-11(9(8)13)3-1-7-5-14-6-10-7/h5-6H,1-4H2. The summed E-state index contributed by atoms with van der Waals surface area (Å²) in [5.74, 6) is -0.594.